The highest BCUT2D eigenvalue weighted by atomic mass is 35.5. The Labute approximate surface area is 125 Å². The molecule has 3 rings (SSSR count). The molecule has 2 heterocycles. The fourth-order valence-corrected chi connectivity index (χ4v) is 3.02. The van der Waals surface area contributed by atoms with Gasteiger partial charge in [0.2, 0.25) is 0 Å². The summed E-state index contributed by atoms with van der Waals surface area (Å²) in [6, 6.07) is 4.65. The molecule has 0 fully saturated rings. The molecule has 0 bridgehead atoms. The van der Waals surface area contributed by atoms with E-state index in [1.165, 1.54) is 12.1 Å². The maximum atomic E-state index is 13.3. The van der Waals surface area contributed by atoms with E-state index in [0.29, 0.717) is 5.52 Å². The lowest BCUT2D eigenvalue weighted by Gasteiger charge is -2.09. The first-order valence-electron chi connectivity index (χ1n) is 6.33. The molecular formula is C14H13ClFN3S. The maximum absolute atomic E-state index is 13.3. The SMILES string of the molecule is CC(Cl)c1nc2cc(F)ccc2n1CCc1nccs1. The number of aryl methyl sites for hydroxylation is 2. The zero-order valence-electron chi connectivity index (χ0n) is 10.9. The molecule has 0 aliphatic carbocycles. The summed E-state index contributed by atoms with van der Waals surface area (Å²) in [6.45, 7) is 2.61. The van der Waals surface area contributed by atoms with E-state index >= 15 is 0 Å². The normalized spacial score (nSPS) is 12.9. The minimum Gasteiger partial charge on any atom is -0.326 e. The first-order chi connectivity index (χ1) is 9.65. The van der Waals surface area contributed by atoms with Gasteiger partial charge in [-0.15, -0.1) is 22.9 Å². The van der Waals surface area contributed by atoms with Crippen LogP contribution in [0.3, 0.4) is 0 Å². The van der Waals surface area contributed by atoms with Gasteiger partial charge < -0.3 is 4.57 Å². The molecule has 0 spiro atoms. The molecule has 3 aromatic rings. The van der Waals surface area contributed by atoms with Gasteiger partial charge in [-0.05, 0) is 19.1 Å². The Kier molecular flexibility index (Phi) is 3.72. The largest absolute Gasteiger partial charge is 0.326 e. The van der Waals surface area contributed by atoms with Crippen molar-refractivity contribution in [2.45, 2.75) is 25.3 Å². The van der Waals surface area contributed by atoms with Crippen molar-refractivity contribution in [2.75, 3.05) is 0 Å². The number of aromatic nitrogens is 3. The number of alkyl halides is 1. The van der Waals surface area contributed by atoms with Crippen LogP contribution >= 0.6 is 22.9 Å². The van der Waals surface area contributed by atoms with Crippen LogP contribution in [0.25, 0.3) is 11.0 Å². The van der Waals surface area contributed by atoms with Crippen LogP contribution < -0.4 is 0 Å². The molecule has 1 atom stereocenters. The standard InChI is InChI=1S/C14H13ClFN3S/c1-9(15)14-18-11-8-10(16)2-3-12(11)19(14)6-4-13-17-5-7-20-13/h2-3,5,7-9H,4,6H2,1H3. The molecule has 0 saturated carbocycles. The van der Waals surface area contributed by atoms with E-state index in [-0.39, 0.29) is 11.2 Å². The first kappa shape index (κ1) is 13.5. The van der Waals surface area contributed by atoms with Crippen molar-refractivity contribution in [3.05, 3.63) is 46.4 Å². The average molecular weight is 310 g/mol. The highest BCUT2D eigenvalue weighted by molar-refractivity contribution is 7.09. The highest BCUT2D eigenvalue weighted by Crippen LogP contribution is 2.25. The predicted octanol–water partition coefficient (Wildman–Crippen LogP) is 4.17. The van der Waals surface area contributed by atoms with E-state index in [9.17, 15) is 4.39 Å². The summed E-state index contributed by atoms with van der Waals surface area (Å²) in [4.78, 5) is 8.72. The Hall–Kier alpha value is -1.46. The molecule has 0 aliphatic rings. The van der Waals surface area contributed by atoms with Crippen molar-refractivity contribution in [3.63, 3.8) is 0 Å². The molecule has 2 aromatic heterocycles. The Morgan fingerprint density at radius 3 is 3.00 bits per heavy atom. The number of hydrogen-bond donors (Lipinski definition) is 0. The van der Waals surface area contributed by atoms with E-state index < -0.39 is 0 Å². The van der Waals surface area contributed by atoms with Gasteiger partial charge in [0.25, 0.3) is 0 Å². The summed E-state index contributed by atoms with van der Waals surface area (Å²) in [5.41, 5.74) is 1.55. The Morgan fingerprint density at radius 2 is 2.30 bits per heavy atom. The zero-order chi connectivity index (χ0) is 14.1. The third-order valence-electron chi connectivity index (χ3n) is 3.13. The number of nitrogens with zero attached hydrogens (tertiary/aromatic N) is 3. The van der Waals surface area contributed by atoms with Crippen LogP contribution in [0.1, 0.15) is 23.1 Å². The second-order valence-electron chi connectivity index (χ2n) is 4.55. The molecule has 0 saturated heterocycles. The number of halogens is 2. The van der Waals surface area contributed by atoms with E-state index in [0.717, 1.165) is 29.3 Å². The van der Waals surface area contributed by atoms with Gasteiger partial charge in [-0.1, -0.05) is 0 Å². The van der Waals surface area contributed by atoms with Crippen molar-refractivity contribution < 1.29 is 4.39 Å². The van der Waals surface area contributed by atoms with Crippen molar-refractivity contribution in [2.24, 2.45) is 0 Å². The third-order valence-corrected chi connectivity index (χ3v) is 4.16. The second kappa shape index (κ2) is 5.50. The summed E-state index contributed by atoms with van der Waals surface area (Å²) in [6.07, 6.45) is 2.61. The Balaban J connectivity index is 2.00. The summed E-state index contributed by atoms with van der Waals surface area (Å²) in [5.74, 6) is 0.486. The summed E-state index contributed by atoms with van der Waals surface area (Å²) in [5, 5.41) is 2.81. The zero-order valence-corrected chi connectivity index (χ0v) is 12.5. The quantitative estimate of drug-likeness (QED) is 0.677. The van der Waals surface area contributed by atoms with E-state index in [1.807, 2.05) is 16.9 Å². The van der Waals surface area contributed by atoms with Gasteiger partial charge in [0, 0.05) is 30.6 Å². The van der Waals surface area contributed by atoms with Gasteiger partial charge in [-0.25, -0.2) is 14.4 Å². The molecular weight excluding hydrogens is 297 g/mol. The molecule has 20 heavy (non-hydrogen) atoms. The highest BCUT2D eigenvalue weighted by Gasteiger charge is 2.15. The average Bonchev–Trinajstić information content (AvgIpc) is 3.02. The Bertz CT molecular complexity index is 721. The lowest BCUT2D eigenvalue weighted by molar-refractivity contribution is 0.629. The minimum absolute atomic E-state index is 0.221. The molecule has 0 amide bonds. The third kappa shape index (κ3) is 2.55. The van der Waals surface area contributed by atoms with Crippen molar-refractivity contribution in [1.82, 2.24) is 14.5 Å². The number of fused-ring (bicyclic) bond motifs is 1. The number of hydrogen-bond acceptors (Lipinski definition) is 3. The van der Waals surface area contributed by atoms with Gasteiger partial charge in [0.1, 0.15) is 11.6 Å². The van der Waals surface area contributed by atoms with Gasteiger partial charge in [0.05, 0.1) is 21.4 Å². The number of rotatable bonds is 4. The molecule has 104 valence electrons. The number of benzene rings is 1. The van der Waals surface area contributed by atoms with Gasteiger partial charge in [-0.2, -0.15) is 0 Å². The second-order valence-corrected chi connectivity index (χ2v) is 6.18. The summed E-state index contributed by atoms with van der Waals surface area (Å²) >= 11 is 7.82. The molecule has 0 N–H and O–H groups in total. The lowest BCUT2D eigenvalue weighted by Crippen LogP contribution is -2.06. The monoisotopic (exact) mass is 309 g/mol. The fourth-order valence-electron chi connectivity index (χ4n) is 2.24. The summed E-state index contributed by atoms with van der Waals surface area (Å²) < 4.78 is 15.3. The van der Waals surface area contributed by atoms with Crippen molar-refractivity contribution >= 4 is 34.0 Å². The van der Waals surface area contributed by atoms with E-state index in [2.05, 4.69) is 9.97 Å². The van der Waals surface area contributed by atoms with E-state index in [1.54, 1.807) is 23.6 Å². The topological polar surface area (TPSA) is 30.7 Å². The molecule has 0 radical (unpaired) electrons. The van der Waals surface area contributed by atoms with Crippen LogP contribution in [0, 0.1) is 5.82 Å². The van der Waals surface area contributed by atoms with Crippen LogP contribution in [0.15, 0.2) is 29.8 Å². The predicted molar refractivity (Wildman–Crippen MR) is 79.8 cm³/mol. The smallest absolute Gasteiger partial charge is 0.127 e. The Morgan fingerprint density at radius 1 is 1.45 bits per heavy atom. The van der Waals surface area contributed by atoms with E-state index in [4.69, 9.17) is 11.6 Å². The van der Waals surface area contributed by atoms with Crippen LogP contribution in [-0.4, -0.2) is 14.5 Å². The summed E-state index contributed by atoms with van der Waals surface area (Å²) in [7, 11) is 0. The molecule has 6 heteroatoms. The fraction of sp³-hybridized carbons (Fsp3) is 0.286. The molecule has 3 nitrogen and oxygen atoms in total. The molecule has 0 aliphatic heterocycles. The number of thiazole rings is 1. The lowest BCUT2D eigenvalue weighted by atomic mass is 10.3. The van der Waals surface area contributed by atoms with Crippen LogP contribution in [0.5, 0.6) is 0 Å². The van der Waals surface area contributed by atoms with Crippen LogP contribution in [-0.2, 0) is 13.0 Å². The maximum Gasteiger partial charge on any atom is 0.127 e. The van der Waals surface area contributed by atoms with Crippen LogP contribution in [0.4, 0.5) is 4.39 Å². The van der Waals surface area contributed by atoms with Gasteiger partial charge >= 0.3 is 0 Å². The number of imidazole rings is 1. The minimum atomic E-state index is -0.282. The van der Waals surface area contributed by atoms with Gasteiger partial charge in [0.15, 0.2) is 0 Å². The van der Waals surface area contributed by atoms with Gasteiger partial charge in [-0.3, -0.25) is 0 Å². The molecule has 1 unspecified atom stereocenters. The van der Waals surface area contributed by atoms with Crippen LogP contribution in [0.2, 0.25) is 0 Å². The molecule has 1 aromatic carbocycles. The van der Waals surface area contributed by atoms with Crippen molar-refractivity contribution in [3.8, 4) is 0 Å². The first-order valence-corrected chi connectivity index (χ1v) is 7.65. The van der Waals surface area contributed by atoms with Crippen molar-refractivity contribution in [1.29, 1.82) is 0 Å².